The number of benzene rings is 1. The van der Waals surface area contributed by atoms with Crippen LogP contribution in [-0.4, -0.2) is 18.2 Å². The lowest BCUT2D eigenvalue weighted by atomic mass is 10.1. The molecular formula is C10H12N2O2S. The van der Waals surface area contributed by atoms with Crippen LogP contribution in [0.25, 0.3) is 0 Å². The van der Waals surface area contributed by atoms with Crippen molar-refractivity contribution in [2.24, 2.45) is 5.73 Å². The molecule has 0 aliphatic heterocycles. The van der Waals surface area contributed by atoms with Crippen LogP contribution in [-0.2, 0) is 4.74 Å². The minimum atomic E-state index is -0.376. The van der Waals surface area contributed by atoms with Gasteiger partial charge in [0.1, 0.15) is 0 Å². The second kappa shape index (κ2) is 4.75. The number of nitrogens with two attached hydrogens (primary N) is 1. The molecule has 0 saturated heterocycles. The highest BCUT2D eigenvalue weighted by molar-refractivity contribution is 7.80. The van der Waals surface area contributed by atoms with E-state index in [9.17, 15) is 4.79 Å². The average molecular weight is 224 g/mol. The number of hydrogen-bond donors (Lipinski definition) is 2. The molecule has 0 unspecified atom stereocenters. The van der Waals surface area contributed by atoms with Crippen LogP contribution in [0.4, 0.5) is 5.69 Å². The fourth-order valence-electron chi connectivity index (χ4n) is 1.23. The summed E-state index contributed by atoms with van der Waals surface area (Å²) in [5.74, 6) is -0.376. The van der Waals surface area contributed by atoms with Crippen LogP contribution in [0.15, 0.2) is 18.2 Å². The molecule has 0 heterocycles. The van der Waals surface area contributed by atoms with Crippen molar-refractivity contribution in [1.82, 2.24) is 0 Å². The first-order valence-corrected chi connectivity index (χ1v) is 4.71. The van der Waals surface area contributed by atoms with E-state index in [1.807, 2.05) is 0 Å². The Kier molecular flexibility index (Phi) is 3.62. The third kappa shape index (κ3) is 2.66. The van der Waals surface area contributed by atoms with Gasteiger partial charge in [-0.1, -0.05) is 6.07 Å². The van der Waals surface area contributed by atoms with Crippen LogP contribution in [0, 0.1) is 6.92 Å². The van der Waals surface area contributed by atoms with Crippen molar-refractivity contribution in [2.75, 3.05) is 12.4 Å². The van der Waals surface area contributed by atoms with E-state index in [1.54, 1.807) is 25.1 Å². The van der Waals surface area contributed by atoms with Gasteiger partial charge in [-0.3, -0.25) is 0 Å². The molecule has 15 heavy (non-hydrogen) atoms. The van der Waals surface area contributed by atoms with Gasteiger partial charge in [-0.2, -0.15) is 0 Å². The molecule has 0 aliphatic carbocycles. The standard InChI is InChI=1S/C10H12N2O2S/c1-6-7(9(13)14-2)4-3-5-8(6)12-10(11)15/h3-5H,1-2H3,(H3,11,12,15). The Balaban J connectivity index is 3.11. The highest BCUT2D eigenvalue weighted by Crippen LogP contribution is 2.19. The fourth-order valence-corrected chi connectivity index (χ4v) is 1.34. The number of anilines is 1. The molecule has 1 aromatic carbocycles. The lowest BCUT2D eigenvalue weighted by molar-refractivity contribution is 0.0600. The zero-order valence-electron chi connectivity index (χ0n) is 8.53. The predicted octanol–water partition coefficient (Wildman–Crippen LogP) is 1.44. The molecule has 0 fully saturated rings. The van der Waals surface area contributed by atoms with Gasteiger partial charge < -0.3 is 15.8 Å². The van der Waals surface area contributed by atoms with Crippen LogP contribution >= 0.6 is 12.2 Å². The molecule has 0 spiro atoms. The number of hydrogen-bond acceptors (Lipinski definition) is 3. The van der Waals surface area contributed by atoms with E-state index in [-0.39, 0.29) is 11.1 Å². The van der Waals surface area contributed by atoms with E-state index >= 15 is 0 Å². The zero-order chi connectivity index (χ0) is 11.4. The van der Waals surface area contributed by atoms with E-state index in [0.717, 1.165) is 5.56 Å². The molecule has 0 atom stereocenters. The number of ether oxygens (including phenoxy) is 1. The second-order valence-corrected chi connectivity index (χ2v) is 3.40. The van der Waals surface area contributed by atoms with Gasteiger partial charge in [0.05, 0.1) is 12.7 Å². The molecule has 4 nitrogen and oxygen atoms in total. The van der Waals surface area contributed by atoms with Crippen LogP contribution in [0.2, 0.25) is 0 Å². The van der Waals surface area contributed by atoms with E-state index < -0.39 is 0 Å². The maximum absolute atomic E-state index is 11.4. The van der Waals surface area contributed by atoms with E-state index in [4.69, 9.17) is 18.0 Å². The smallest absolute Gasteiger partial charge is 0.338 e. The molecule has 0 radical (unpaired) electrons. The Hall–Kier alpha value is -1.62. The number of carbonyl (C=O) groups is 1. The maximum Gasteiger partial charge on any atom is 0.338 e. The predicted molar refractivity (Wildman–Crippen MR) is 62.9 cm³/mol. The summed E-state index contributed by atoms with van der Waals surface area (Å²) in [6, 6.07) is 5.21. The summed E-state index contributed by atoms with van der Waals surface area (Å²) in [6.07, 6.45) is 0. The van der Waals surface area contributed by atoms with Crippen LogP contribution < -0.4 is 11.1 Å². The van der Waals surface area contributed by atoms with Gasteiger partial charge in [-0.05, 0) is 36.8 Å². The minimum absolute atomic E-state index is 0.167. The summed E-state index contributed by atoms with van der Waals surface area (Å²) in [6.45, 7) is 1.80. The van der Waals surface area contributed by atoms with Crippen molar-refractivity contribution in [2.45, 2.75) is 6.92 Å². The fraction of sp³-hybridized carbons (Fsp3) is 0.200. The first kappa shape index (κ1) is 11.5. The third-order valence-corrected chi connectivity index (χ3v) is 2.10. The molecule has 3 N–H and O–H groups in total. The van der Waals surface area contributed by atoms with Crippen molar-refractivity contribution in [3.8, 4) is 0 Å². The molecule has 0 saturated carbocycles. The monoisotopic (exact) mass is 224 g/mol. The average Bonchev–Trinajstić information content (AvgIpc) is 2.19. The largest absolute Gasteiger partial charge is 0.465 e. The Morgan fingerprint density at radius 1 is 1.53 bits per heavy atom. The number of carbonyl (C=O) groups excluding carboxylic acids is 1. The van der Waals surface area contributed by atoms with E-state index in [1.165, 1.54) is 7.11 Å². The molecule has 1 rings (SSSR count). The highest BCUT2D eigenvalue weighted by Gasteiger charge is 2.11. The first-order valence-electron chi connectivity index (χ1n) is 4.30. The molecular weight excluding hydrogens is 212 g/mol. The molecule has 80 valence electrons. The van der Waals surface area contributed by atoms with Crippen molar-refractivity contribution < 1.29 is 9.53 Å². The quantitative estimate of drug-likeness (QED) is 0.588. The summed E-state index contributed by atoms with van der Waals surface area (Å²) < 4.78 is 4.65. The summed E-state index contributed by atoms with van der Waals surface area (Å²) in [7, 11) is 1.34. The number of thiocarbonyl (C=S) groups is 1. The lowest BCUT2D eigenvalue weighted by Gasteiger charge is -2.10. The maximum atomic E-state index is 11.4. The lowest BCUT2D eigenvalue weighted by Crippen LogP contribution is -2.20. The number of methoxy groups -OCH3 is 1. The number of esters is 1. The molecule has 0 amide bonds. The van der Waals surface area contributed by atoms with Gasteiger partial charge in [-0.25, -0.2) is 4.79 Å². The van der Waals surface area contributed by atoms with Crippen molar-refractivity contribution in [1.29, 1.82) is 0 Å². The van der Waals surface area contributed by atoms with Gasteiger partial charge >= 0.3 is 5.97 Å². The van der Waals surface area contributed by atoms with Gasteiger partial charge in [0.25, 0.3) is 0 Å². The third-order valence-electron chi connectivity index (χ3n) is 2.00. The van der Waals surface area contributed by atoms with Crippen molar-refractivity contribution in [3.63, 3.8) is 0 Å². The van der Waals surface area contributed by atoms with Crippen molar-refractivity contribution in [3.05, 3.63) is 29.3 Å². The topological polar surface area (TPSA) is 64.3 Å². The van der Waals surface area contributed by atoms with Crippen molar-refractivity contribution >= 4 is 29.0 Å². The second-order valence-electron chi connectivity index (χ2n) is 2.96. The number of nitrogens with one attached hydrogen (secondary N) is 1. The summed E-state index contributed by atoms with van der Waals surface area (Å²) >= 11 is 4.73. The Morgan fingerprint density at radius 2 is 2.20 bits per heavy atom. The minimum Gasteiger partial charge on any atom is -0.465 e. The van der Waals surface area contributed by atoms with Crippen LogP contribution in [0.3, 0.4) is 0 Å². The van der Waals surface area contributed by atoms with Gasteiger partial charge in [0.15, 0.2) is 5.11 Å². The first-order chi connectivity index (χ1) is 7.06. The van der Waals surface area contributed by atoms with Gasteiger partial charge in [0, 0.05) is 5.69 Å². The van der Waals surface area contributed by atoms with E-state index in [2.05, 4.69) is 10.1 Å². The summed E-state index contributed by atoms with van der Waals surface area (Å²) in [5.41, 5.74) is 7.33. The Labute approximate surface area is 93.4 Å². The molecule has 0 bridgehead atoms. The highest BCUT2D eigenvalue weighted by atomic mass is 32.1. The Bertz CT molecular complexity index is 404. The van der Waals surface area contributed by atoms with E-state index in [0.29, 0.717) is 11.3 Å². The van der Waals surface area contributed by atoms with Crippen LogP contribution in [0.5, 0.6) is 0 Å². The SMILES string of the molecule is COC(=O)c1cccc(NC(N)=S)c1C. The summed E-state index contributed by atoms with van der Waals surface area (Å²) in [5, 5.41) is 2.96. The number of rotatable bonds is 2. The van der Waals surface area contributed by atoms with Crippen LogP contribution in [0.1, 0.15) is 15.9 Å². The molecule has 5 heteroatoms. The Morgan fingerprint density at radius 3 is 2.73 bits per heavy atom. The molecule has 1 aromatic rings. The normalized spacial score (nSPS) is 9.47. The van der Waals surface area contributed by atoms with Gasteiger partial charge in [-0.15, -0.1) is 0 Å². The van der Waals surface area contributed by atoms with Gasteiger partial charge in [0.2, 0.25) is 0 Å². The molecule has 0 aromatic heterocycles. The summed E-state index contributed by atoms with van der Waals surface area (Å²) in [4.78, 5) is 11.4. The zero-order valence-corrected chi connectivity index (χ0v) is 9.35. The molecule has 0 aliphatic rings.